The Labute approximate surface area is 97.1 Å². The molecule has 1 aromatic heterocycles. The SMILES string of the molecule is Cc1nc(Cl)ncc1C(O)C(O)CC(N)=O. The Kier molecular flexibility index (Phi) is 4.17. The van der Waals surface area contributed by atoms with Crippen molar-refractivity contribution in [2.75, 3.05) is 0 Å². The van der Waals surface area contributed by atoms with E-state index < -0.39 is 18.1 Å². The Hall–Kier alpha value is -1.24. The van der Waals surface area contributed by atoms with Crippen LogP contribution in [0.2, 0.25) is 5.28 Å². The number of aromatic nitrogens is 2. The zero-order chi connectivity index (χ0) is 12.3. The molecule has 6 nitrogen and oxygen atoms in total. The van der Waals surface area contributed by atoms with E-state index in [1.54, 1.807) is 6.92 Å². The maximum Gasteiger partial charge on any atom is 0.222 e. The molecule has 16 heavy (non-hydrogen) atoms. The Bertz CT molecular complexity index is 400. The third-order valence-electron chi connectivity index (χ3n) is 2.08. The van der Waals surface area contributed by atoms with Gasteiger partial charge in [0, 0.05) is 17.5 Å². The maximum atomic E-state index is 10.6. The molecule has 2 atom stereocenters. The van der Waals surface area contributed by atoms with Gasteiger partial charge < -0.3 is 15.9 Å². The number of rotatable bonds is 4. The first-order valence-corrected chi connectivity index (χ1v) is 4.93. The second-order valence-corrected chi connectivity index (χ2v) is 3.70. The summed E-state index contributed by atoms with van der Waals surface area (Å²) in [6.45, 7) is 1.61. The zero-order valence-electron chi connectivity index (χ0n) is 8.59. The fourth-order valence-electron chi connectivity index (χ4n) is 1.26. The number of amides is 1. The smallest absolute Gasteiger partial charge is 0.222 e. The third-order valence-corrected chi connectivity index (χ3v) is 2.26. The first-order chi connectivity index (χ1) is 7.41. The van der Waals surface area contributed by atoms with Gasteiger partial charge in [0.15, 0.2) is 0 Å². The number of nitrogens with zero attached hydrogens (tertiary/aromatic N) is 2. The highest BCUT2D eigenvalue weighted by Crippen LogP contribution is 2.21. The van der Waals surface area contributed by atoms with Crippen molar-refractivity contribution in [3.8, 4) is 0 Å². The summed E-state index contributed by atoms with van der Waals surface area (Å²) in [5.74, 6) is -0.695. The standard InChI is InChI=1S/C9H12ClN3O3/c1-4-5(3-12-9(10)13-4)8(16)6(14)2-7(11)15/h3,6,8,14,16H,2H2,1H3,(H2,11,15). The average molecular weight is 246 g/mol. The number of hydrogen-bond acceptors (Lipinski definition) is 5. The molecule has 1 heterocycles. The molecule has 7 heteroatoms. The second-order valence-electron chi connectivity index (χ2n) is 3.36. The highest BCUT2D eigenvalue weighted by Gasteiger charge is 2.22. The van der Waals surface area contributed by atoms with Crippen LogP contribution in [0.4, 0.5) is 0 Å². The van der Waals surface area contributed by atoms with E-state index in [0.717, 1.165) is 0 Å². The van der Waals surface area contributed by atoms with Crippen LogP contribution in [0.3, 0.4) is 0 Å². The second kappa shape index (κ2) is 5.20. The van der Waals surface area contributed by atoms with Gasteiger partial charge >= 0.3 is 0 Å². The zero-order valence-corrected chi connectivity index (χ0v) is 9.35. The molecule has 0 aliphatic heterocycles. The van der Waals surface area contributed by atoms with Crippen molar-refractivity contribution in [2.45, 2.75) is 25.6 Å². The molecule has 0 aliphatic rings. The summed E-state index contributed by atoms with van der Waals surface area (Å²) in [7, 11) is 0. The van der Waals surface area contributed by atoms with Crippen LogP contribution in [0, 0.1) is 6.92 Å². The lowest BCUT2D eigenvalue weighted by Gasteiger charge is -2.17. The van der Waals surface area contributed by atoms with Gasteiger partial charge in [0.2, 0.25) is 11.2 Å². The summed E-state index contributed by atoms with van der Waals surface area (Å²) < 4.78 is 0. The molecule has 88 valence electrons. The third kappa shape index (κ3) is 3.13. The van der Waals surface area contributed by atoms with Crippen LogP contribution in [0.25, 0.3) is 0 Å². The lowest BCUT2D eigenvalue weighted by molar-refractivity contribution is -0.121. The van der Waals surface area contributed by atoms with Crippen molar-refractivity contribution in [3.05, 3.63) is 22.7 Å². The Balaban J connectivity index is 2.87. The molecule has 4 N–H and O–H groups in total. The number of nitrogens with two attached hydrogens (primary N) is 1. The van der Waals surface area contributed by atoms with Crippen LogP contribution in [0.1, 0.15) is 23.8 Å². The van der Waals surface area contributed by atoms with Gasteiger partial charge in [-0.3, -0.25) is 4.79 Å². The van der Waals surface area contributed by atoms with Gasteiger partial charge in [0.05, 0.1) is 12.5 Å². The van der Waals surface area contributed by atoms with Crippen molar-refractivity contribution in [1.82, 2.24) is 9.97 Å². The summed E-state index contributed by atoms with van der Waals surface area (Å²) in [6.07, 6.45) is -1.56. The molecule has 0 bridgehead atoms. The summed E-state index contributed by atoms with van der Waals surface area (Å²) >= 11 is 5.55. The minimum absolute atomic E-state index is 0.0536. The highest BCUT2D eigenvalue weighted by molar-refractivity contribution is 6.28. The normalized spacial score (nSPS) is 14.5. The van der Waals surface area contributed by atoms with Crippen molar-refractivity contribution in [3.63, 3.8) is 0 Å². The van der Waals surface area contributed by atoms with Crippen molar-refractivity contribution >= 4 is 17.5 Å². The van der Waals surface area contributed by atoms with Gasteiger partial charge in [-0.25, -0.2) is 9.97 Å². The lowest BCUT2D eigenvalue weighted by atomic mass is 10.0. The molecule has 0 aliphatic carbocycles. The number of carbonyl (C=O) groups is 1. The minimum atomic E-state index is -1.28. The number of halogens is 1. The monoisotopic (exact) mass is 245 g/mol. The van der Waals surface area contributed by atoms with E-state index in [2.05, 4.69) is 9.97 Å². The van der Waals surface area contributed by atoms with Crippen LogP contribution in [0.5, 0.6) is 0 Å². The molecular weight excluding hydrogens is 234 g/mol. The van der Waals surface area contributed by atoms with E-state index in [0.29, 0.717) is 11.3 Å². The predicted octanol–water partition coefficient (Wildman–Crippen LogP) is -0.292. The van der Waals surface area contributed by atoms with E-state index in [4.69, 9.17) is 17.3 Å². The van der Waals surface area contributed by atoms with E-state index in [9.17, 15) is 15.0 Å². The Morgan fingerprint density at radius 2 is 2.25 bits per heavy atom. The maximum absolute atomic E-state index is 10.6. The molecule has 0 radical (unpaired) electrons. The number of aryl methyl sites for hydroxylation is 1. The van der Waals surface area contributed by atoms with Gasteiger partial charge in [0.25, 0.3) is 0 Å². The summed E-state index contributed by atoms with van der Waals surface area (Å²) in [5.41, 5.74) is 5.67. The van der Waals surface area contributed by atoms with Gasteiger partial charge in [-0.05, 0) is 18.5 Å². The van der Waals surface area contributed by atoms with Crippen molar-refractivity contribution in [1.29, 1.82) is 0 Å². The average Bonchev–Trinajstić information content (AvgIpc) is 2.15. The van der Waals surface area contributed by atoms with Crippen LogP contribution >= 0.6 is 11.6 Å². The van der Waals surface area contributed by atoms with E-state index in [1.165, 1.54) is 6.20 Å². The predicted molar refractivity (Wildman–Crippen MR) is 56.6 cm³/mol. The summed E-state index contributed by atoms with van der Waals surface area (Å²) in [6, 6.07) is 0. The molecule has 0 aromatic carbocycles. The molecule has 0 spiro atoms. The minimum Gasteiger partial charge on any atom is -0.390 e. The molecule has 0 saturated carbocycles. The van der Waals surface area contributed by atoms with Gasteiger partial charge in [-0.2, -0.15) is 0 Å². The molecule has 0 saturated heterocycles. The number of carbonyl (C=O) groups excluding carboxylic acids is 1. The van der Waals surface area contributed by atoms with Crippen molar-refractivity contribution < 1.29 is 15.0 Å². The molecular formula is C9H12ClN3O3. The Morgan fingerprint density at radius 3 is 2.75 bits per heavy atom. The summed E-state index contributed by atoms with van der Waals surface area (Å²) in [4.78, 5) is 18.1. The first-order valence-electron chi connectivity index (χ1n) is 4.55. The van der Waals surface area contributed by atoms with Gasteiger partial charge in [0.1, 0.15) is 6.10 Å². The fraction of sp³-hybridized carbons (Fsp3) is 0.444. The summed E-state index contributed by atoms with van der Waals surface area (Å²) in [5, 5.41) is 19.3. The topological polar surface area (TPSA) is 109 Å². The first kappa shape index (κ1) is 12.8. The number of primary amides is 1. The van der Waals surface area contributed by atoms with Crippen LogP contribution in [-0.2, 0) is 4.79 Å². The fourth-order valence-corrected chi connectivity index (χ4v) is 1.44. The van der Waals surface area contributed by atoms with Crippen LogP contribution < -0.4 is 5.73 Å². The van der Waals surface area contributed by atoms with Gasteiger partial charge in [-0.15, -0.1) is 0 Å². The lowest BCUT2D eigenvalue weighted by Crippen LogP contribution is -2.26. The quantitative estimate of drug-likeness (QED) is 0.632. The van der Waals surface area contributed by atoms with Gasteiger partial charge in [-0.1, -0.05) is 0 Å². The number of aliphatic hydroxyl groups is 2. The molecule has 1 amide bonds. The van der Waals surface area contributed by atoms with E-state index in [-0.39, 0.29) is 11.7 Å². The number of hydrogen-bond donors (Lipinski definition) is 3. The Morgan fingerprint density at radius 1 is 1.62 bits per heavy atom. The molecule has 0 fully saturated rings. The molecule has 1 aromatic rings. The van der Waals surface area contributed by atoms with Crippen molar-refractivity contribution in [2.24, 2.45) is 5.73 Å². The van der Waals surface area contributed by atoms with Crippen LogP contribution in [-0.4, -0.2) is 32.2 Å². The number of aliphatic hydroxyl groups excluding tert-OH is 2. The highest BCUT2D eigenvalue weighted by atomic mass is 35.5. The molecule has 1 rings (SSSR count). The van der Waals surface area contributed by atoms with E-state index >= 15 is 0 Å². The van der Waals surface area contributed by atoms with Crippen LogP contribution in [0.15, 0.2) is 6.20 Å². The molecule has 2 unspecified atom stereocenters. The largest absolute Gasteiger partial charge is 0.390 e. The van der Waals surface area contributed by atoms with E-state index in [1.807, 2.05) is 0 Å².